The highest BCUT2D eigenvalue weighted by atomic mass is 16.7. The SMILES string of the molecule is CCCN1C(=O)c2c(C(=O)N3CCC4(CC3)OCCO4)ncn2C[C@@]1(C)C(=O)NCc1ccc(OC)cc1. The number of amides is 3. The molecule has 1 aromatic heterocycles. The van der Waals surface area contributed by atoms with Gasteiger partial charge in [-0.15, -0.1) is 0 Å². The van der Waals surface area contributed by atoms with Crippen molar-refractivity contribution >= 4 is 17.7 Å². The number of fused-ring (bicyclic) bond motifs is 1. The molecule has 1 atom stereocenters. The zero-order chi connectivity index (χ0) is 26.9. The Bertz CT molecular complexity index is 1200. The molecular weight excluding hydrogens is 490 g/mol. The van der Waals surface area contributed by atoms with Crippen LogP contribution in [0.5, 0.6) is 5.75 Å². The summed E-state index contributed by atoms with van der Waals surface area (Å²) in [6.07, 6.45) is 3.32. The van der Waals surface area contributed by atoms with Crippen LogP contribution in [-0.2, 0) is 27.4 Å². The molecule has 1 N–H and O–H groups in total. The zero-order valence-electron chi connectivity index (χ0n) is 22.2. The van der Waals surface area contributed by atoms with Gasteiger partial charge in [0.05, 0.1) is 33.2 Å². The van der Waals surface area contributed by atoms with Crippen molar-refractivity contribution in [1.82, 2.24) is 24.7 Å². The van der Waals surface area contributed by atoms with Crippen molar-refractivity contribution in [3.8, 4) is 5.75 Å². The number of likely N-dealkylation sites (tertiary alicyclic amines) is 1. The van der Waals surface area contributed by atoms with E-state index in [1.165, 1.54) is 6.33 Å². The number of carbonyl (C=O) groups is 3. The van der Waals surface area contributed by atoms with E-state index in [1.807, 2.05) is 31.2 Å². The standard InChI is InChI=1S/C27H35N5O6/c1-4-11-32-24(34)22-21(23(33)30-12-9-27(10-13-30)37-14-15-38-27)29-18-31(22)17-26(32,2)25(35)28-16-19-5-7-20(36-3)8-6-19/h5-8,18H,4,9-17H2,1-3H3,(H,28,35)/t26-/m0/s1. The Morgan fingerprint density at radius 3 is 2.45 bits per heavy atom. The molecule has 2 saturated heterocycles. The van der Waals surface area contributed by atoms with E-state index in [2.05, 4.69) is 10.3 Å². The number of hydrogen-bond acceptors (Lipinski definition) is 7. The number of benzene rings is 1. The molecule has 2 aromatic rings. The van der Waals surface area contributed by atoms with Crippen molar-refractivity contribution in [3.05, 3.63) is 47.5 Å². The number of piperidine rings is 1. The van der Waals surface area contributed by atoms with Crippen LogP contribution < -0.4 is 10.1 Å². The minimum Gasteiger partial charge on any atom is -0.497 e. The summed E-state index contributed by atoms with van der Waals surface area (Å²) in [7, 11) is 1.60. The molecule has 1 aromatic carbocycles. The quantitative estimate of drug-likeness (QED) is 0.586. The lowest BCUT2D eigenvalue weighted by Gasteiger charge is -2.44. The molecule has 0 saturated carbocycles. The maximum atomic E-state index is 13.8. The van der Waals surface area contributed by atoms with Crippen LogP contribution in [0.1, 0.15) is 59.7 Å². The fourth-order valence-electron chi connectivity index (χ4n) is 5.52. The number of methoxy groups -OCH3 is 1. The summed E-state index contributed by atoms with van der Waals surface area (Å²) in [5, 5.41) is 2.99. The van der Waals surface area contributed by atoms with Gasteiger partial charge in [0.25, 0.3) is 11.8 Å². The first-order valence-electron chi connectivity index (χ1n) is 13.2. The van der Waals surface area contributed by atoms with E-state index in [1.54, 1.807) is 28.4 Å². The third-order valence-electron chi connectivity index (χ3n) is 7.74. The highest BCUT2D eigenvalue weighted by molar-refractivity contribution is 6.07. The summed E-state index contributed by atoms with van der Waals surface area (Å²) in [4.78, 5) is 48.4. The summed E-state index contributed by atoms with van der Waals surface area (Å²) in [5.41, 5.74) is 0.140. The zero-order valence-corrected chi connectivity index (χ0v) is 22.2. The number of carbonyl (C=O) groups excluding carboxylic acids is 3. The van der Waals surface area contributed by atoms with Crippen molar-refractivity contribution < 1.29 is 28.6 Å². The Balaban J connectivity index is 1.33. The first-order chi connectivity index (χ1) is 18.3. The smallest absolute Gasteiger partial charge is 0.274 e. The van der Waals surface area contributed by atoms with E-state index in [-0.39, 0.29) is 35.7 Å². The Labute approximate surface area is 222 Å². The summed E-state index contributed by atoms with van der Waals surface area (Å²) in [5.74, 6) is -0.776. The van der Waals surface area contributed by atoms with Crippen LogP contribution >= 0.6 is 0 Å². The number of hydrogen-bond donors (Lipinski definition) is 1. The molecule has 2 fully saturated rings. The van der Waals surface area contributed by atoms with E-state index in [4.69, 9.17) is 14.2 Å². The van der Waals surface area contributed by atoms with Gasteiger partial charge in [-0.05, 0) is 31.0 Å². The maximum Gasteiger partial charge on any atom is 0.274 e. The van der Waals surface area contributed by atoms with Crippen molar-refractivity contribution in [1.29, 1.82) is 0 Å². The second kappa shape index (κ2) is 10.4. The lowest BCUT2D eigenvalue weighted by atomic mass is 9.93. The molecule has 0 unspecified atom stereocenters. The van der Waals surface area contributed by atoms with Gasteiger partial charge >= 0.3 is 0 Å². The van der Waals surface area contributed by atoms with Gasteiger partial charge in [-0.25, -0.2) is 4.98 Å². The lowest BCUT2D eigenvalue weighted by molar-refractivity contribution is -0.181. The fourth-order valence-corrected chi connectivity index (χ4v) is 5.52. The molecular formula is C27H35N5O6. The Morgan fingerprint density at radius 2 is 1.82 bits per heavy atom. The topological polar surface area (TPSA) is 115 Å². The van der Waals surface area contributed by atoms with Crippen LogP contribution in [0.15, 0.2) is 30.6 Å². The highest BCUT2D eigenvalue weighted by Crippen LogP contribution is 2.33. The van der Waals surface area contributed by atoms with Gasteiger partial charge in [-0.2, -0.15) is 0 Å². The van der Waals surface area contributed by atoms with Crippen LogP contribution in [0.4, 0.5) is 0 Å². The van der Waals surface area contributed by atoms with Gasteiger partial charge in [0.15, 0.2) is 11.5 Å². The summed E-state index contributed by atoms with van der Waals surface area (Å²) < 4.78 is 18.4. The molecule has 11 nitrogen and oxygen atoms in total. The van der Waals surface area contributed by atoms with Crippen molar-refractivity contribution in [3.63, 3.8) is 0 Å². The van der Waals surface area contributed by atoms with Crippen LogP contribution in [-0.4, -0.2) is 88.4 Å². The second-order valence-corrected chi connectivity index (χ2v) is 10.2. The van der Waals surface area contributed by atoms with E-state index >= 15 is 0 Å². The van der Waals surface area contributed by atoms with Crippen LogP contribution in [0.3, 0.4) is 0 Å². The number of nitrogens with zero attached hydrogens (tertiary/aromatic N) is 4. The number of aromatic nitrogens is 2. The molecule has 204 valence electrons. The Hall–Kier alpha value is -3.44. The molecule has 5 rings (SSSR count). The normalized spacial score (nSPS) is 22.4. The molecule has 11 heteroatoms. The molecule has 0 radical (unpaired) electrons. The Morgan fingerprint density at radius 1 is 1.13 bits per heavy atom. The van der Waals surface area contributed by atoms with E-state index in [0.717, 1.165) is 11.3 Å². The third kappa shape index (κ3) is 4.64. The van der Waals surface area contributed by atoms with Gasteiger partial charge in [0.1, 0.15) is 17.0 Å². The summed E-state index contributed by atoms with van der Waals surface area (Å²) in [6.45, 7) is 6.67. The molecule has 1 spiro atoms. The molecule has 0 bridgehead atoms. The third-order valence-corrected chi connectivity index (χ3v) is 7.74. The average molecular weight is 526 g/mol. The molecule has 3 aliphatic rings. The number of imidazole rings is 1. The monoisotopic (exact) mass is 525 g/mol. The van der Waals surface area contributed by atoms with Gasteiger partial charge in [-0.1, -0.05) is 19.1 Å². The molecule has 4 heterocycles. The van der Waals surface area contributed by atoms with Crippen molar-refractivity contribution in [2.24, 2.45) is 0 Å². The molecule has 38 heavy (non-hydrogen) atoms. The minimum absolute atomic E-state index is 0.126. The van der Waals surface area contributed by atoms with Gasteiger partial charge in [0, 0.05) is 39.0 Å². The predicted octanol–water partition coefficient (Wildman–Crippen LogP) is 1.81. The van der Waals surface area contributed by atoms with E-state index in [0.29, 0.717) is 58.7 Å². The van der Waals surface area contributed by atoms with Crippen LogP contribution in [0, 0.1) is 0 Å². The fraction of sp³-hybridized carbons (Fsp3) is 0.556. The summed E-state index contributed by atoms with van der Waals surface area (Å²) in [6, 6.07) is 7.44. The van der Waals surface area contributed by atoms with Crippen LogP contribution in [0.2, 0.25) is 0 Å². The number of rotatable bonds is 7. The predicted molar refractivity (Wildman–Crippen MR) is 137 cm³/mol. The van der Waals surface area contributed by atoms with Crippen LogP contribution in [0.25, 0.3) is 0 Å². The Kier molecular flexibility index (Phi) is 7.15. The highest BCUT2D eigenvalue weighted by Gasteiger charge is 2.49. The van der Waals surface area contributed by atoms with Crippen molar-refractivity contribution in [2.45, 2.75) is 57.5 Å². The summed E-state index contributed by atoms with van der Waals surface area (Å²) >= 11 is 0. The van der Waals surface area contributed by atoms with Gasteiger partial charge in [-0.3, -0.25) is 14.4 Å². The average Bonchev–Trinajstić information content (AvgIpc) is 3.57. The minimum atomic E-state index is -1.14. The van der Waals surface area contributed by atoms with E-state index < -0.39 is 11.3 Å². The number of ether oxygens (including phenoxy) is 3. The molecule has 3 amide bonds. The van der Waals surface area contributed by atoms with Crippen molar-refractivity contribution in [2.75, 3.05) is 40.0 Å². The van der Waals surface area contributed by atoms with E-state index in [9.17, 15) is 14.4 Å². The second-order valence-electron chi connectivity index (χ2n) is 10.2. The lowest BCUT2D eigenvalue weighted by Crippen LogP contribution is -2.64. The van der Waals surface area contributed by atoms with Gasteiger partial charge < -0.3 is 33.9 Å². The molecule has 3 aliphatic heterocycles. The maximum absolute atomic E-state index is 13.8. The van der Waals surface area contributed by atoms with Gasteiger partial charge in [0.2, 0.25) is 5.91 Å². The first-order valence-corrected chi connectivity index (χ1v) is 13.2. The largest absolute Gasteiger partial charge is 0.497 e. The number of nitrogens with one attached hydrogen (secondary N) is 1. The first kappa shape index (κ1) is 26.2. The molecule has 0 aliphatic carbocycles.